The van der Waals surface area contributed by atoms with Crippen LogP contribution >= 0.6 is 0 Å². The first-order valence-corrected chi connectivity index (χ1v) is 8.45. The van der Waals surface area contributed by atoms with Gasteiger partial charge in [-0.25, -0.2) is 0 Å². The van der Waals surface area contributed by atoms with E-state index in [2.05, 4.69) is 5.32 Å². The molecule has 6 nitrogen and oxygen atoms in total. The molecule has 0 radical (unpaired) electrons. The Morgan fingerprint density at radius 2 is 1.52 bits per heavy atom. The molecule has 0 fully saturated rings. The molecular weight excluding hydrogens is 391 g/mol. The number of nitrogens with one attached hydrogen (secondary N) is 1. The highest BCUT2D eigenvalue weighted by Crippen LogP contribution is 2.29. The molecule has 1 N–H and O–H groups in total. The molecule has 0 unspecified atom stereocenters. The number of rotatable bonds is 7. The topological polar surface area (TPSA) is 81.7 Å². The van der Waals surface area contributed by atoms with Crippen LogP contribution in [0.4, 0.5) is 13.2 Å². The number of hydrogen-bond donors (Lipinski definition) is 1. The normalized spacial score (nSPS) is 12.0. The van der Waals surface area contributed by atoms with Crippen LogP contribution in [0.1, 0.15) is 33.2 Å². The number of esters is 1. The van der Waals surface area contributed by atoms with Crippen LogP contribution in [0.25, 0.3) is 0 Å². The third kappa shape index (κ3) is 6.06. The van der Waals surface area contributed by atoms with Gasteiger partial charge in [-0.1, -0.05) is 0 Å². The summed E-state index contributed by atoms with van der Waals surface area (Å²) in [5.41, 5.74) is -0.618. The van der Waals surface area contributed by atoms with E-state index in [-0.39, 0.29) is 5.56 Å². The third-order valence-corrected chi connectivity index (χ3v) is 3.92. The lowest BCUT2D eigenvalue weighted by molar-refractivity contribution is -0.145. The highest BCUT2D eigenvalue weighted by atomic mass is 19.4. The van der Waals surface area contributed by atoms with Crippen LogP contribution < -0.4 is 10.1 Å². The zero-order valence-electron chi connectivity index (χ0n) is 15.6. The molecule has 0 heterocycles. The number of alkyl halides is 3. The summed E-state index contributed by atoms with van der Waals surface area (Å²) in [4.78, 5) is 36.0. The number of benzene rings is 2. The van der Waals surface area contributed by atoms with Crippen LogP contribution in [0.5, 0.6) is 5.75 Å². The molecule has 2 aromatic rings. The van der Waals surface area contributed by atoms with E-state index in [0.717, 1.165) is 24.3 Å². The van der Waals surface area contributed by atoms with Gasteiger partial charge < -0.3 is 14.8 Å². The molecule has 1 atom stereocenters. The second-order valence-corrected chi connectivity index (χ2v) is 5.98. The molecule has 0 aliphatic heterocycles. The van der Waals surface area contributed by atoms with E-state index in [0.29, 0.717) is 11.3 Å². The molecule has 0 saturated carbocycles. The summed E-state index contributed by atoms with van der Waals surface area (Å²) < 4.78 is 47.6. The summed E-state index contributed by atoms with van der Waals surface area (Å²) >= 11 is 0. The maximum Gasteiger partial charge on any atom is 0.416 e. The van der Waals surface area contributed by atoms with Crippen molar-refractivity contribution in [2.75, 3.05) is 13.7 Å². The lowest BCUT2D eigenvalue weighted by Crippen LogP contribution is -2.34. The number of amides is 1. The Labute approximate surface area is 164 Å². The SMILES string of the molecule is COc1ccc(C(=O)[C@H](C)OC(=O)CNC(=O)c2ccc(C(F)(F)F)cc2)cc1. The van der Waals surface area contributed by atoms with Gasteiger partial charge in [-0.2, -0.15) is 13.2 Å². The average molecular weight is 409 g/mol. The molecule has 29 heavy (non-hydrogen) atoms. The Balaban J connectivity index is 1.86. The van der Waals surface area contributed by atoms with Gasteiger partial charge in [-0.15, -0.1) is 0 Å². The first-order valence-electron chi connectivity index (χ1n) is 8.45. The van der Waals surface area contributed by atoms with E-state index in [9.17, 15) is 27.6 Å². The molecule has 0 aromatic heterocycles. The first kappa shape index (κ1) is 21.9. The third-order valence-electron chi connectivity index (χ3n) is 3.92. The van der Waals surface area contributed by atoms with Gasteiger partial charge in [0.05, 0.1) is 12.7 Å². The maximum atomic E-state index is 12.5. The Kier molecular flexibility index (Phi) is 6.98. The molecule has 0 aliphatic carbocycles. The molecule has 0 spiro atoms. The van der Waals surface area contributed by atoms with Crippen LogP contribution in [-0.4, -0.2) is 37.4 Å². The number of ketones is 1. The standard InChI is InChI=1S/C20H18F3NO5/c1-12(18(26)13-5-9-16(28-2)10-6-13)29-17(25)11-24-19(27)14-3-7-15(8-4-14)20(21,22)23/h3-10,12H,11H2,1-2H3,(H,24,27)/t12-/m0/s1. The van der Waals surface area contributed by atoms with E-state index in [4.69, 9.17) is 9.47 Å². The van der Waals surface area contributed by atoms with Crippen molar-refractivity contribution >= 4 is 17.7 Å². The number of methoxy groups -OCH3 is 1. The summed E-state index contributed by atoms with van der Waals surface area (Å²) in [6, 6.07) is 9.76. The number of carbonyl (C=O) groups is 3. The van der Waals surface area contributed by atoms with Crippen molar-refractivity contribution in [2.24, 2.45) is 0 Å². The Bertz CT molecular complexity index is 876. The summed E-state index contributed by atoms with van der Waals surface area (Å²) in [7, 11) is 1.49. The number of carbonyl (C=O) groups excluding carboxylic acids is 3. The maximum absolute atomic E-state index is 12.5. The second kappa shape index (κ2) is 9.22. The molecule has 2 aromatic carbocycles. The highest BCUT2D eigenvalue weighted by Gasteiger charge is 2.30. The molecule has 2 rings (SSSR count). The Hall–Kier alpha value is -3.36. The van der Waals surface area contributed by atoms with E-state index >= 15 is 0 Å². The van der Waals surface area contributed by atoms with Crippen LogP contribution in [0.3, 0.4) is 0 Å². The Morgan fingerprint density at radius 1 is 0.966 bits per heavy atom. The van der Waals surface area contributed by atoms with E-state index in [1.807, 2.05) is 0 Å². The van der Waals surface area contributed by atoms with Gasteiger partial charge >= 0.3 is 12.1 Å². The number of ether oxygens (including phenoxy) is 2. The predicted molar refractivity (Wildman–Crippen MR) is 96.7 cm³/mol. The van der Waals surface area contributed by atoms with Crippen molar-refractivity contribution < 1.29 is 37.0 Å². The minimum absolute atomic E-state index is 0.0480. The van der Waals surface area contributed by atoms with E-state index in [1.54, 1.807) is 12.1 Å². The number of hydrogen-bond acceptors (Lipinski definition) is 5. The van der Waals surface area contributed by atoms with Gasteiger partial charge in [0.15, 0.2) is 6.10 Å². The van der Waals surface area contributed by atoms with Crippen LogP contribution in [0.15, 0.2) is 48.5 Å². The van der Waals surface area contributed by atoms with E-state index < -0.39 is 42.0 Å². The zero-order valence-corrected chi connectivity index (χ0v) is 15.6. The van der Waals surface area contributed by atoms with Gasteiger partial charge in [0.25, 0.3) is 5.91 Å². The minimum Gasteiger partial charge on any atom is -0.497 e. The molecule has 154 valence electrons. The molecule has 0 bridgehead atoms. The fraction of sp³-hybridized carbons (Fsp3) is 0.250. The fourth-order valence-electron chi connectivity index (χ4n) is 2.35. The van der Waals surface area contributed by atoms with Crippen LogP contribution in [0.2, 0.25) is 0 Å². The average Bonchev–Trinajstić information content (AvgIpc) is 2.71. The first-order chi connectivity index (χ1) is 13.6. The number of Topliss-reactive ketones (excluding diaryl/α,β-unsaturated/α-hetero) is 1. The van der Waals surface area contributed by atoms with Crippen molar-refractivity contribution in [3.8, 4) is 5.75 Å². The molecule has 1 amide bonds. The highest BCUT2D eigenvalue weighted by molar-refractivity contribution is 6.00. The van der Waals surface area contributed by atoms with Crippen molar-refractivity contribution in [1.29, 1.82) is 0 Å². The summed E-state index contributed by atoms with van der Waals surface area (Å²) in [5.74, 6) is -1.48. The molecule has 9 heteroatoms. The largest absolute Gasteiger partial charge is 0.497 e. The lowest BCUT2D eigenvalue weighted by Gasteiger charge is -2.13. The monoisotopic (exact) mass is 409 g/mol. The van der Waals surface area contributed by atoms with Crippen molar-refractivity contribution in [2.45, 2.75) is 19.2 Å². The van der Waals surface area contributed by atoms with Gasteiger partial charge in [0.2, 0.25) is 5.78 Å². The van der Waals surface area contributed by atoms with Crippen LogP contribution in [0, 0.1) is 0 Å². The molecular formula is C20H18F3NO5. The van der Waals surface area contributed by atoms with Gasteiger partial charge in [-0.3, -0.25) is 14.4 Å². The summed E-state index contributed by atoms with van der Waals surface area (Å²) in [6.07, 6.45) is -5.59. The predicted octanol–water partition coefficient (Wildman–Crippen LogP) is 3.26. The van der Waals surface area contributed by atoms with Crippen molar-refractivity contribution in [1.82, 2.24) is 5.32 Å². The quantitative estimate of drug-likeness (QED) is 0.561. The van der Waals surface area contributed by atoms with Crippen molar-refractivity contribution in [3.05, 3.63) is 65.2 Å². The second-order valence-electron chi connectivity index (χ2n) is 5.98. The van der Waals surface area contributed by atoms with Crippen LogP contribution in [-0.2, 0) is 15.7 Å². The lowest BCUT2D eigenvalue weighted by atomic mass is 10.1. The van der Waals surface area contributed by atoms with Gasteiger partial charge in [0, 0.05) is 11.1 Å². The van der Waals surface area contributed by atoms with Gasteiger partial charge in [-0.05, 0) is 55.5 Å². The molecule has 0 saturated heterocycles. The summed E-state index contributed by atoms with van der Waals surface area (Å²) in [6.45, 7) is 0.849. The summed E-state index contributed by atoms with van der Waals surface area (Å²) in [5, 5.41) is 2.23. The minimum atomic E-state index is -4.51. The smallest absolute Gasteiger partial charge is 0.416 e. The number of halogens is 3. The van der Waals surface area contributed by atoms with Gasteiger partial charge in [0.1, 0.15) is 12.3 Å². The fourth-order valence-corrected chi connectivity index (χ4v) is 2.35. The zero-order chi connectivity index (χ0) is 21.6. The Morgan fingerprint density at radius 3 is 2.03 bits per heavy atom. The van der Waals surface area contributed by atoms with E-state index in [1.165, 1.54) is 26.2 Å². The van der Waals surface area contributed by atoms with Crippen molar-refractivity contribution in [3.63, 3.8) is 0 Å². The molecule has 0 aliphatic rings.